The summed E-state index contributed by atoms with van der Waals surface area (Å²) in [6.07, 6.45) is 8.02. The Balaban J connectivity index is 1.58. The third kappa shape index (κ3) is 3.32. The van der Waals surface area contributed by atoms with Crippen molar-refractivity contribution in [3.8, 4) is 0 Å². The topological polar surface area (TPSA) is 39.1 Å². The van der Waals surface area contributed by atoms with E-state index in [-0.39, 0.29) is 0 Å². The van der Waals surface area contributed by atoms with Crippen molar-refractivity contribution in [3.05, 3.63) is 18.0 Å². The Kier molecular flexibility index (Phi) is 3.75. The van der Waals surface area contributed by atoms with Crippen LogP contribution in [0.5, 0.6) is 0 Å². The molecule has 0 saturated carbocycles. The lowest BCUT2D eigenvalue weighted by Gasteiger charge is -2.09. The third-order valence-electron chi connectivity index (χ3n) is 2.75. The van der Waals surface area contributed by atoms with Crippen molar-refractivity contribution < 1.29 is 4.74 Å². The molecule has 2 rings (SSSR count). The molecule has 15 heavy (non-hydrogen) atoms. The van der Waals surface area contributed by atoms with Crippen LogP contribution in [0.1, 0.15) is 24.8 Å². The van der Waals surface area contributed by atoms with Gasteiger partial charge in [-0.05, 0) is 25.8 Å². The molecule has 84 valence electrons. The molecule has 1 aromatic rings. The first-order valence-electron chi connectivity index (χ1n) is 5.64. The fourth-order valence-electron chi connectivity index (χ4n) is 1.93. The molecule has 1 fully saturated rings. The Morgan fingerprint density at radius 3 is 3.27 bits per heavy atom. The van der Waals surface area contributed by atoms with Gasteiger partial charge in [-0.15, -0.1) is 0 Å². The summed E-state index contributed by atoms with van der Waals surface area (Å²) in [7, 11) is 1.94. The minimum Gasteiger partial charge on any atom is -0.378 e. The van der Waals surface area contributed by atoms with Gasteiger partial charge in [-0.25, -0.2) is 0 Å². The molecule has 0 radical (unpaired) electrons. The fourth-order valence-corrected chi connectivity index (χ4v) is 1.93. The zero-order chi connectivity index (χ0) is 10.5. The van der Waals surface area contributed by atoms with E-state index >= 15 is 0 Å². The van der Waals surface area contributed by atoms with E-state index < -0.39 is 0 Å². The summed E-state index contributed by atoms with van der Waals surface area (Å²) < 4.78 is 7.38. The first-order chi connectivity index (χ1) is 7.34. The maximum atomic E-state index is 5.55. The van der Waals surface area contributed by atoms with Crippen LogP contribution < -0.4 is 5.32 Å². The molecule has 0 bridgehead atoms. The van der Waals surface area contributed by atoms with Gasteiger partial charge in [0.1, 0.15) is 0 Å². The number of aromatic nitrogens is 2. The van der Waals surface area contributed by atoms with Crippen LogP contribution in [0.4, 0.5) is 0 Å². The molecular formula is C11H19N3O. The van der Waals surface area contributed by atoms with Crippen molar-refractivity contribution >= 4 is 0 Å². The first-order valence-corrected chi connectivity index (χ1v) is 5.64. The minimum atomic E-state index is 0.492. The quantitative estimate of drug-likeness (QED) is 0.738. The highest BCUT2D eigenvalue weighted by Gasteiger charge is 2.14. The summed E-state index contributed by atoms with van der Waals surface area (Å²) in [6.45, 7) is 2.88. The lowest BCUT2D eigenvalue weighted by Crippen LogP contribution is -2.19. The summed E-state index contributed by atoms with van der Waals surface area (Å²) in [5.74, 6) is 0. The van der Waals surface area contributed by atoms with Crippen LogP contribution in [-0.2, 0) is 18.3 Å². The van der Waals surface area contributed by atoms with Crippen LogP contribution in [-0.4, -0.2) is 29.0 Å². The van der Waals surface area contributed by atoms with Gasteiger partial charge in [0, 0.05) is 32.0 Å². The molecule has 1 aliphatic rings. The van der Waals surface area contributed by atoms with E-state index in [9.17, 15) is 0 Å². The van der Waals surface area contributed by atoms with Crippen LogP contribution >= 0.6 is 0 Å². The SMILES string of the molecule is Cn1cc(CNCC[C@H]2CCCO2)cn1. The van der Waals surface area contributed by atoms with Gasteiger partial charge in [-0.2, -0.15) is 5.10 Å². The number of aryl methyl sites for hydroxylation is 1. The second kappa shape index (κ2) is 5.28. The fraction of sp³-hybridized carbons (Fsp3) is 0.727. The molecule has 2 heterocycles. The molecule has 4 nitrogen and oxygen atoms in total. The third-order valence-corrected chi connectivity index (χ3v) is 2.75. The highest BCUT2D eigenvalue weighted by Crippen LogP contribution is 2.14. The van der Waals surface area contributed by atoms with Crippen LogP contribution in [0.25, 0.3) is 0 Å². The highest BCUT2D eigenvalue weighted by atomic mass is 16.5. The number of hydrogen-bond donors (Lipinski definition) is 1. The van der Waals surface area contributed by atoms with Crippen molar-refractivity contribution in [1.29, 1.82) is 0 Å². The van der Waals surface area contributed by atoms with Crippen LogP contribution in [0.2, 0.25) is 0 Å². The Bertz CT molecular complexity index is 292. The van der Waals surface area contributed by atoms with E-state index in [0.29, 0.717) is 6.10 Å². The smallest absolute Gasteiger partial charge is 0.0588 e. The summed E-state index contributed by atoms with van der Waals surface area (Å²) in [5.41, 5.74) is 1.24. The van der Waals surface area contributed by atoms with Crippen LogP contribution in [0.3, 0.4) is 0 Å². The van der Waals surface area contributed by atoms with Gasteiger partial charge in [0.05, 0.1) is 12.3 Å². The lowest BCUT2D eigenvalue weighted by atomic mass is 10.2. The Morgan fingerprint density at radius 1 is 1.67 bits per heavy atom. The molecule has 0 unspecified atom stereocenters. The molecule has 0 spiro atoms. The Morgan fingerprint density at radius 2 is 2.60 bits per heavy atom. The minimum absolute atomic E-state index is 0.492. The standard InChI is InChI=1S/C11H19N3O/c1-14-9-10(8-13-14)7-12-5-4-11-3-2-6-15-11/h8-9,11-12H,2-7H2,1H3/t11-/m1/s1. The molecule has 1 atom stereocenters. The van der Waals surface area contributed by atoms with E-state index in [1.165, 1.54) is 18.4 Å². The zero-order valence-corrected chi connectivity index (χ0v) is 9.28. The van der Waals surface area contributed by atoms with Crippen LogP contribution in [0.15, 0.2) is 12.4 Å². The predicted octanol–water partition coefficient (Wildman–Crippen LogP) is 1.08. The van der Waals surface area contributed by atoms with Gasteiger partial charge in [-0.1, -0.05) is 0 Å². The van der Waals surface area contributed by atoms with Gasteiger partial charge in [0.2, 0.25) is 0 Å². The van der Waals surface area contributed by atoms with Gasteiger partial charge in [-0.3, -0.25) is 4.68 Å². The summed E-state index contributed by atoms with van der Waals surface area (Å²) in [5, 5.41) is 7.53. The second-order valence-electron chi connectivity index (χ2n) is 4.12. The normalized spacial score (nSPS) is 21.0. The predicted molar refractivity (Wildman–Crippen MR) is 58.5 cm³/mol. The van der Waals surface area contributed by atoms with E-state index in [2.05, 4.69) is 10.4 Å². The largest absolute Gasteiger partial charge is 0.378 e. The van der Waals surface area contributed by atoms with Gasteiger partial charge in [0.15, 0.2) is 0 Å². The molecule has 1 saturated heterocycles. The lowest BCUT2D eigenvalue weighted by molar-refractivity contribution is 0.104. The molecule has 1 N–H and O–H groups in total. The van der Waals surface area contributed by atoms with E-state index in [1.807, 2.05) is 24.1 Å². The number of nitrogens with one attached hydrogen (secondary N) is 1. The Hall–Kier alpha value is -0.870. The summed E-state index contributed by atoms with van der Waals surface area (Å²) in [6, 6.07) is 0. The average Bonchev–Trinajstić information content (AvgIpc) is 2.84. The molecule has 1 aliphatic heterocycles. The van der Waals surface area contributed by atoms with Crippen molar-refractivity contribution in [2.24, 2.45) is 7.05 Å². The monoisotopic (exact) mass is 209 g/mol. The molecule has 4 heteroatoms. The van der Waals surface area contributed by atoms with E-state index in [1.54, 1.807) is 0 Å². The molecule has 1 aromatic heterocycles. The molecule has 0 aliphatic carbocycles. The van der Waals surface area contributed by atoms with Crippen molar-refractivity contribution in [2.75, 3.05) is 13.2 Å². The molecular weight excluding hydrogens is 190 g/mol. The van der Waals surface area contributed by atoms with Gasteiger partial charge in [0.25, 0.3) is 0 Å². The highest BCUT2D eigenvalue weighted by molar-refractivity contribution is 5.02. The zero-order valence-electron chi connectivity index (χ0n) is 9.28. The number of hydrogen-bond acceptors (Lipinski definition) is 3. The van der Waals surface area contributed by atoms with Crippen LogP contribution in [0, 0.1) is 0 Å². The summed E-state index contributed by atoms with van der Waals surface area (Å²) in [4.78, 5) is 0. The van der Waals surface area contributed by atoms with Gasteiger partial charge < -0.3 is 10.1 Å². The van der Waals surface area contributed by atoms with E-state index in [0.717, 1.165) is 26.1 Å². The van der Waals surface area contributed by atoms with Gasteiger partial charge >= 0.3 is 0 Å². The molecule has 0 amide bonds. The first kappa shape index (κ1) is 10.6. The maximum Gasteiger partial charge on any atom is 0.0588 e. The Labute approximate surface area is 90.6 Å². The second-order valence-corrected chi connectivity index (χ2v) is 4.12. The number of ether oxygens (including phenoxy) is 1. The molecule has 0 aromatic carbocycles. The average molecular weight is 209 g/mol. The maximum absolute atomic E-state index is 5.55. The number of nitrogens with zero attached hydrogens (tertiary/aromatic N) is 2. The van der Waals surface area contributed by atoms with Crippen molar-refractivity contribution in [2.45, 2.75) is 31.9 Å². The van der Waals surface area contributed by atoms with E-state index in [4.69, 9.17) is 4.74 Å². The van der Waals surface area contributed by atoms with Crippen molar-refractivity contribution in [3.63, 3.8) is 0 Å². The number of rotatable bonds is 5. The van der Waals surface area contributed by atoms with Crippen molar-refractivity contribution in [1.82, 2.24) is 15.1 Å². The summed E-state index contributed by atoms with van der Waals surface area (Å²) >= 11 is 0.